The molecule has 0 unspecified atom stereocenters. The Hall–Kier alpha value is -4.20. The van der Waals surface area contributed by atoms with Crippen LogP contribution in [0.3, 0.4) is 0 Å². The van der Waals surface area contributed by atoms with Gasteiger partial charge in [0.1, 0.15) is 54.9 Å². The zero-order chi connectivity index (χ0) is 43.8. The molecular formula is C39H52O21. The molecule has 0 bridgehead atoms. The summed E-state index contributed by atoms with van der Waals surface area (Å²) in [6.45, 7) is 0.953. The number of aliphatic hydroxyl groups excluding tert-OH is 7. The van der Waals surface area contributed by atoms with Gasteiger partial charge in [-0.2, -0.15) is 0 Å². The zero-order valence-electron chi connectivity index (χ0n) is 33.0. The predicted molar refractivity (Wildman–Crippen MR) is 199 cm³/mol. The zero-order valence-corrected chi connectivity index (χ0v) is 33.0. The van der Waals surface area contributed by atoms with Gasteiger partial charge in [0.15, 0.2) is 54.1 Å². The minimum atomic E-state index is -1.90. The quantitative estimate of drug-likeness (QED) is 0.0650. The van der Waals surface area contributed by atoms with Crippen LogP contribution in [-0.2, 0) is 53.9 Å². The third-order valence-corrected chi connectivity index (χ3v) is 10.0. The van der Waals surface area contributed by atoms with Crippen molar-refractivity contribution >= 4 is 18.0 Å². The van der Waals surface area contributed by atoms with E-state index in [0.29, 0.717) is 11.1 Å². The van der Waals surface area contributed by atoms with E-state index in [9.17, 15) is 55.5 Å². The van der Waals surface area contributed by atoms with Crippen LogP contribution < -0.4 is 9.47 Å². The second-order valence-corrected chi connectivity index (χ2v) is 14.2. The second kappa shape index (κ2) is 21.1. The van der Waals surface area contributed by atoms with Crippen LogP contribution in [0.1, 0.15) is 25.0 Å². The normalized spacial score (nSPS) is 34.5. The number of ether oxygens (including phenoxy) is 10. The third kappa shape index (κ3) is 11.2. The van der Waals surface area contributed by atoms with E-state index in [0.717, 1.165) is 13.0 Å². The van der Waals surface area contributed by atoms with Crippen LogP contribution in [0.15, 0.2) is 42.5 Å². The number of carbonyl (C=O) groups is 2. The molecule has 5 rings (SSSR count). The van der Waals surface area contributed by atoms with Gasteiger partial charge in [0.2, 0.25) is 0 Å². The van der Waals surface area contributed by atoms with E-state index in [1.54, 1.807) is 6.07 Å². The molecule has 0 aliphatic carbocycles. The molecule has 3 fully saturated rings. The summed E-state index contributed by atoms with van der Waals surface area (Å²) in [4.78, 5) is 25.2. The molecule has 334 valence electrons. The number of benzene rings is 2. The van der Waals surface area contributed by atoms with Crippen LogP contribution in [0.2, 0.25) is 0 Å². The molecule has 2 aromatic carbocycles. The van der Waals surface area contributed by atoms with E-state index >= 15 is 0 Å². The maximum atomic E-state index is 13.5. The maximum absolute atomic E-state index is 13.5. The lowest BCUT2D eigenvalue weighted by atomic mass is 9.96. The summed E-state index contributed by atoms with van der Waals surface area (Å²) in [6, 6.07) is 8.89. The lowest BCUT2D eigenvalue weighted by molar-refractivity contribution is -0.364. The number of hydrogen-bond acceptors (Lipinski definition) is 21. The number of methoxy groups -OCH3 is 2. The van der Waals surface area contributed by atoms with Gasteiger partial charge in [-0.3, -0.25) is 4.79 Å². The van der Waals surface area contributed by atoms with E-state index in [2.05, 4.69) is 0 Å². The first-order valence-corrected chi connectivity index (χ1v) is 18.9. The highest BCUT2D eigenvalue weighted by atomic mass is 16.8. The van der Waals surface area contributed by atoms with Gasteiger partial charge in [-0.1, -0.05) is 12.1 Å². The molecular weight excluding hydrogens is 804 g/mol. The standard InChI is InChI=1S/C39H52O21/c1-17-34(56-18(2)41)30(47)32(49)39(55-17)60-36-33(50)38(53-12-11-20-6-9-23(51-3)22(43)13-20)58-26(16-54-37-31(48)29(46)28(45)25(15-40)57-37)35(36)59-27(44)10-7-19-5-8-21(42)24(14-19)52-4/h5-10,13-14,17,25-26,28-40,42-43,45-50H,11-12,15-16H2,1-4H3/b10-7+/t17-,25+,26+,28+,29-,30-,31+,32+,33+,34-,35+,36+,37+,38+,39-/m0/s1. The van der Waals surface area contributed by atoms with Crippen LogP contribution in [-0.4, -0.2) is 184 Å². The van der Waals surface area contributed by atoms with Crippen LogP contribution >= 0.6 is 0 Å². The Morgan fingerprint density at radius 1 is 0.700 bits per heavy atom. The first-order valence-electron chi connectivity index (χ1n) is 18.9. The van der Waals surface area contributed by atoms with E-state index in [1.165, 1.54) is 57.6 Å². The summed E-state index contributed by atoms with van der Waals surface area (Å²) in [5.74, 6) is -1.75. The minimum Gasteiger partial charge on any atom is -0.504 e. The molecule has 3 aliphatic rings. The number of phenolic OH excluding ortho intramolecular Hbond substituents is 2. The van der Waals surface area contributed by atoms with Gasteiger partial charge in [-0.25, -0.2) is 4.79 Å². The van der Waals surface area contributed by atoms with Crippen molar-refractivity contribution in [3.8, 4) is 23.0 Å². The lowest BCUT2D eigenvalue weighted by Gasteiger charge is -2.47. The summed E-state index contributed by atoms with van der Waals surface area (Å²) in [7, 11) is 2.72. The number of aliphatic hydroxyl groups is 7. The average Bonchev–Trinajstić information content (AvgIpc) is 3.22. The molecule has 9 N–H and O–H groups in total. The van der Waals surface area contributed by atoms with Crippen molar-refractivity contribution in [1.29, 1.82) is 0 Å². The lowest BCUT2D eigenvalue weighted by Crippen LogP contribution is -2.65. The van der Waals surface area contributed by atoms with Gasteiger partial charge in [-0.15, -0.1) is 0 Å². The summed E-state index contributed by atoms with van der Waals surface area (Å²) in [6.07, 6.45) is -22.1. The number of carbonyl (C=O) groups excluding carboxylic acids is 2. The molecule has 60 heavy (non-hydrogen) atoms. The second-order valence-electron chi connectivity index (χ2n) is 14.2. The van der Waals surface area contributed by atoms with Gasteiger partial charge in [0.25, 0.3) is 0 Å². The van der Waals surface area contributed by atoms with E-state index in [-0.39, 0.29) is 36.0 Å². The van der Waals surface area contributed by atoms with Crippen molar-refractivity contribution in [2.24, 2.45) is 0 Å². The fraction of sp³-hybridized carbons (Fsp3) is 0.590. The van der Waals surface area contributed by atoms with Crippen molar-refractivity contribution < 1.29 is 103 Å². The number of aromatic hydroxyl groups is 2. The Labute approximate surface area is 343 Å². The molecule has 3 aliphatic heterocycles. The average molecular weight is 857 g/mol. The van der Waals surface area contributed by atoms with Crippen LogP contribution in [0, 0.1) is 0 Å². The van der Waals surface area contributed by atoms with Gasteiger partial charge >= 0.3 is 11.9 Å². The van der Waals surface area contributed by atoms with Crippen molar-refractivity contribution in [3.05, 3.63) is 53.6 Å². The number of hydrogen-bond donors (Lipinski definition) is 9. The molecule has 21 nitrogen and oxygen atoms in total. The number of rotatable bonds is 16. The van der Waals surface area contributed by atoms with Crippen LogP contribution in [0.4, 0.5) is 0 Å². The Morgan fingerprint density at radius 2 is 1.38 bits per heavy atom. The monoisotopic (exact) mass is 856 g/mol. The first-order chi connectivity index (χ1) is 28.6. The largest absolute Gasteiger partial charge is 0.504 e. The smallest absolute Gasteiger partial charge is 0.331 e. The first kappa shape index (κ1) is 46.9. The molecule has 2 aromatic rings. The molecule has 0 spiro atoms. The summed E-state index contributed by atoms with van der Waals surface area (Å²) < 4.78 is 56.3. The maximum Gasteiger partial charge on any atom is 0.331 e. The fourth-order valence-electron chi connectivity index (χ4n) is 6.81. The van der Waals surface area contributed by atoms with Crippen LogP contribution in [0.25, 0.3) is 6.08 Å². The Kier molecular flexibility index (Phi) is 16.4. The summed E-state index contributed by atoms with van der Waals surface area (Å²) >= 11 is 0. The number of phenols is 2. The van der Waals surface area contributed by atoms with Gasteiger partial charge in [0.05, 0.1) is 40.1 Å². The third-order valence-electron chi connectivity index (χ3n) is 10.0. The molecule has 3 heterocycles. The van der Waals surface area contributed by atoms with E-state index in [1.807, 2.05) is 0 Å². The Morgan fingerprint density at radius 3 is 2.05 bits per heavy atom. The summed E-state index contributed by atoms with van der Waals surface area (Å²) in [5, 5.41) is 95.1. The van der Waals surface area contributed by atoms with Crippen molar-refractivity contribution in [2.75, 3.05) is 34.0 Å². The predicted octanol–water partition coefficient (Wildman–Crippen LogP) is -2.01. The minimum absolute atomic E-state index is 0.112. The van der Waals surface area contributed by atoms with Gasteiger partial charge < -0.3 is 93.3 Å². The molecule has 21 heteroatoms. The fourth-order valence-corrected chi connectivity index (χ4v) is 6.81. The topological polar surface area (TPSA) is 309 Å². The Bertz CT molecular complexity index is 1760. The SMILES string of the molecule is COc1ccc(CCO[C@@H]2O[C@H](CO[C@@H]3O[C@H](CO)[C@@H](O)[C@H](O)[C@H]3O)[C@@H](OC(=O)/C=C/c3ccc(O)c(OC)c3)[C@H](O[C@@H]3O[C@@H](C)[C@H](OC(C)=O)[C@@H](O)[C@H]3O)[C@H]2O)cc1O. The molecule has 0 aromatic heterocycles. The number of esters is 2. The van der Waals surface area contributed by atoms with Crippen molar-refractivity contribution in [1.82, 2.24) is 0 Å². The molecule has 0 saturated carbocycles. The Balaban J connectivity index is 1.45. The van der Waals surface area contributed by atoms with E-state index < -0.39 is 117 Å². The van der Waals surface area contributed by atoms with Crippen molar-refractivity contribution in [2.45, 2.75) is 112 Å². The highest BCUT2D eigenvalue weighted by Gasteiger charge is 2.54. The molecule has 0 amide bonds. The van der Waals surface area contributed by atoms with Crippen LogP contribution in [0.5, 0.6) is 23.0 Å². The summed E-state index contributed by atoms with van der Waals surface area (Å²) in [5.41, 5.74) is 1.00. The van der Waals surface area contributed by atoms with E-state index in [4.69, 9.17) is 47.4 Å². The van der Waals surface area contributed by atoms with Crippen molar-refractivity contribution in [3.63, 3.8) is 0 Å². The molecule has 15 atom stereocenters. The molecule has 0 radical (unpaired) electrons. The highest BCUT2D eigenvalue weighted by Crippen LogP contribution is 2.34. The highest BCUT2D eigenvalue weighted by molar-refractivity contribution is 5.87. The van der Waals surface area contributed by atoms with Gasteiger partial charge in [0, 0.05) is 13.0 Å². The molecule has 3 saturated heterocycles. The van der Waals surface area contributed by atoms with Gasteiger partial charge in [-0.05, 0) is 54.8 Å².